The smallest absolute Gasteiger partial charge is 0.191 e. The predicted molar refractivity (Wildman–Crippen MR) is 112 cm³/mol. The molecule has 0 bridgehead atoms. The Bertz CT molecular complexity index is 910. The van der Waals surface area contributed by atoms with E-state index in [-0.39, 0.29) is 0 Å². The maximum Gasteiger partial charge on any atom is 0.191 e. The molecule has 0 aliphatic heterocycles. The summed E-state index contributed by atoms with van der Waals surface area (Å²) in [4.78, 5) is 8.80. The van der Waals surface area contributed by atoms with Gasteiger partial charge in [0.15, 0.2) is 5.96 Å². The number of nitrogens with zero attached hydrogens (tertiary/aromatic N) is 4. The number of hydrogen-bond donors (Lipinski definition) is 2. The monoisotopic (exact) mass is 382 g/mol. The van der Waals surface area contributed by atoms with E-state index in [2.05, 4.69) is 45.0 Å². The molecule has 0 aliphatic carbocycles. The molecule has 0 amide bonds. The molecule has 1 aromatic carbocycles. The lowest BCUT2D eigenvalue weighted by Gasteiger charge is -2.12. The van der Waals surface area contributed by atoms with E-state index >= 15 is 0 Å². The molecule has 142 valence electrons. The van der Waals surface area contributed by atoms with E-state index in [4.69, 9.17) is 5.10 Å². The van der Waals surface area contributed by atoms with Crippen LogP contribution in [-0.4, -0.2) is 34.3 Å². The number of rotatable bonds is 6. The van der Waals surface area contributed by atoms with Crippen LogP contribution >= 0.6 is 11.3 Å². The molecule has 3 aromatic rings. The van der Waals surface area contributed by atoms with E-state index in [9.17, 15) is 0 Å². The van der Waals surface area contributed by atoms with Gasteiger partial charge < -0.3 is 10.6 Å². The topological polar surface area (TPSA) is 67.1 Å². The molecule has 0 aliphatic rings. The zero-order valence-electron chi connectivity index (χ0n) is 16.3. The summed E-state index contributed by atoms with van der Waals surface area (Å²) >= 11 is 1.69. The molecule has 27 heavy (non-hydrogen) atoms. The third-order valence-electron chi connectivity index (χ3n) is 4.44. The summed E-state index contributed by atoms with van der Waals surface area (Å²) < 4.78 is 1.99. The molecule has 0 spiro atoms. The molecule has 2 aromatic heterocycles. The highest BCUT2D eigenvalue weighted by molar-refractivity contribution is 7.09. The van der Waals surface area contributed by atoms with Gasteiger partial charge in [-0.1, -0.05) is 18.2 Å². The molecule has 0 atom stereocenters. The molecule has 0 saturated carbocycles. The Labute approximate surface area is 164 Å². The highest BCUT2D eigenvalue weighted by Crippen LogP contribution is 2.17. The number of benzene rings is 1. The molecule has 0 unspecified atom stereocenters. The van der Waals surface area contributed by atoms with Crippen molar-refractivity contribution in [1.82, 2.24) is 25.4 Å². The summed E-state index contributed by atoms with van der Waals surface area (Å²) in [5.41, 5.74) is 5.55. The van der Waals surface area contributed by atoms with Gasteiger partial charge in [0.25, 0.3) is 0 Å². The second-order valence-corrected chi connectivity index (χ2v) is 7.42. The Morgan fingerprint density at radius 2 is 1.93 bits per heavy atom. The number of thiazole rings is 1. The summed E-state index contributed by atoms with van der Waals surface area (Å²) in [6.45, 7) is 7.65. The van der Waals surface area contributed by atoms with Gasteiger partial charge in [-0.25, -0.2) is 9.67 Å². The highest BCUT2D eigenvalue weighted by Gasteiger charge is 2.13. The van der Waals surface area contributed by atoms with E-state index < -0.39 is 0 Å². The zero-order chi connectivity index (χ0) is 19.2. The average Bonchev–Trinajstić information content (AvgIpc) is 3.22. The van der Waals surface area contributed by atoms with Gasteiger partial charge in [-0.05, 0) is 32.9 Å². The molecule has 7 heteroatoms. The largest absolute Gasteiger partial charge is 0.356 e. The fourth-order valence-electron chi connectivity index (χ4n) is 2.98. The minimum Gasteiger partial charge on any atom is -0.356 e. The van der Waals surface area contributed by atoms with Crippen LogP contribution in [0.2, 0.25) is 0 Å². The van der Waals surface area contributed by atoms with Crippen LogP contribution in [0.25, 0.3) is 5.69 Å². The van der Waals surface area contributed by atoms with E-state index in [0.717, 1.165) is 46.7 Å². The number of nitrogens with one attached hydrogen (secondary N) is 2. The Balaban J connectivity index is 1.59. The predicted octanol–water partition coefficient (Wildman–Crippen LogP) is 3.16. The van der Waals surface area contributed by atoms with E-state index in [1.807, 2.05) is 36.7 Å². The van der Waals surface area contributed by atoms with Gasteiger partial charge in [-0.15, -0.1) is 11.3 Å². The summed E-state index contributed by atoms with van der Waals surface area (Å²) in [6, 6.07) is 10.2. The van der Waals surface area contributed by atoms with Gasteiger partial charge in [0.05, 0.1) is 22.1 Å². The van der Waals surface area contributed by atoms with Gasteiger partial charge in [0.2, 0.25) is 0 Å². The first-order valence-electron chi connectivity index (χ1n) is 9.04. The summed E-state index contributed by atoms with van der Waals surface area (Å²) in [6.07, 6.45) is 0.884. The van der Waals surface area contributed by atoms with E-state index in [0.29, 0.717) is 6.54 Å². The Morgan fingerprint density at radius 3 is 2.59 bits per heavy atom. The van der Waals surface area contributed by atoms with Crippen molar-refractivity contribution in [3.8, 4) is 5.69 Å². The van der Waals surface area contributed by atoms with Crippen LogP contribution in [-0.2, 0) is 13.0 Å². The van der Waals surface area contributed by atoms with Gasteiger partial charge >= 0.3 is 0 Å². The van der Waals surface area contributed by atoms with Crippen molar-refractivity contribution < 1.29 is 0 Å². The van der Waals surface area contributed by atoms with Crippen molar-refractivity contribution in [2.45, 2.75) is 33.7 Å². The summed E-state index contributed by atoms with van der Waals surface area (Å²) in [5.74, 6) is 0.785. The van der Waals surface area contributed by atoms with Gasteiger partial charge in [-0.2, -0.15) is 5.10 Å². The molecule has 0 radical (unpaired) electrons. The first kappa shape index (κ1) is 19.1. The number of hydrogen-bond acceptors (Lipinski definition) is 4. The van der Waals surface area contributed by atoms with Crippen molar-refractivity contribution in [2.75, 3.05) is 13.6 Å². The third-order valence-corrected chi connectivity index (χ3v) is 5.26. The minimum atomic E-state index is 0.681. The van der Waals surface area contributed by atoms with Crippen LogP contribution in [0.15, 0.2) is 40.7 Å². The SMILES string of the molecule is CN=C(NCCc1csc(C)n1)NCc1c(C)nn(-c2ccccc2)c1C. The van der Waals surface area contributed by atoms with Crippen LogP contribution in [0.3, 0.4) is 0 Å². The standard InChI is InChI=1S/C20H26N6S/c1-14-19(15(2)26(25-14)18-8-6-5-7-9-18)12-23-20(21-4)22-11-10-17-13-27-16(3)24-17/h5-9,13H,10-12H2,1-4H3,(H2,21,22,23). The normalized spacial score (nSPS) is 11.6. The molecule has 0 fully saturated rings. The van der Waals surface area contributed by atoms with Crippen molar-refractivity contribution in [3.63, 3.8) is 0 Å². The lowest BCUT2D eigenvalue weighted by atomic mass is 10.2. The van der Waals surface area contributed by atoms with Crippen LogP contribution in [0.4, 0.5) is 0 Å². The number of aromatic nitrogens is 3. The van der Waals surface area contributed by atoms with Crippen molar-refractivity contribution in [3.05, 3.63) is 63.4 Å². The lowest BCUT2D eigenvalue weighted by molar-refractivity contribution is 0.781. The maximum atomic E-state index is 4.70. The van der Waals surface area contributed by atoms with Crippen LogP contribution in [0, 0.1) is 20.8 Å². The Hall–Kier alpha value is -2.67. The Kier molecular flexibility index (Phi) is 6.24. The lowest BCUT2D eigenvalue weighted by Crippen LogP contribution is -2.38. The van der Waals surface area contributed by atoms with Crippen molar-refractivity contribution >= 4 is 17.3 Å². The Morgan fingerprint density at radius 1 is 1.15 bits per heavy atom. The third kappa shape index (κ3) is 4.74. The first-order chi connectivity index (χ1) is 13.1. The number of aryl methyl sites for hydroxylation is 2. The second-order valence-electron chi connectivity index (χ2n) is 6.36. The van der Waals surface area contributed by atoms with E-state index in [1.54, 1.807) is 18.4 Å². The van der Waals surface area contributed by atoms with Gasteiger partial charge in [0.1, 0.15) is 0 Å². The van der Waals surface area contributed by atoms with Crippen molar-refractivity contribution in [2.24, 2.45) is 4.99 Å². The molecule has 3 rings (SSSR count). The second kappa shape index (κ2) is 8.81. The fourth-order valence-corrected chi connectivity index (χ4v) is 3.62. The molecular weight excluding hydrogens is 356 g/mol. The number of guanidine groups is 1. The summed E-state index contributed by atoms with van der Waals surface area (Å²) in [7, 11) is 1.79. The molecule has 0 saturated heterocycles. The fraction of sp³-hybridized carbons (Fsp3) is 0.350. The van der Waals surface area contributed by atoms with Crippen LogP contribution in [0.5, 0.6) is 0 Å². The van der Waals surface area contributed by atoms with Crippen LogP contribution < -0.4 is 10.6 Å². The quantitative estimate of drug-likeness (QED) is 0.508. The maximum absolute atomic E-state index is 4.70. The molecule has 2 heterocycles. The van der Waals surface area contributed by atoms with Gasteiger partial charge in [-0.3, -0.25) is 4.99 Å². The molecular formula is C20H26N6S. The summed E-state index contributed by atoms with van der Waals surface area (Å²) in [5, 5.41) is 14.7. The molecule has 2 N–H and O–H groups in total. The number of para-hydroxylation sites is 1. The average molecular weight is 383 g/mol. The zero-order valence-corrected chi connectivity index (χ0v) is 17.1. The highest BCUT2D eigenvalue weighted by atomic mass is 32.1. The number of aliphatic imine (C=N–C) groups is 1. The van der Waals surface area contributed by atoms with Crippen molar-refractivity contribution in [1.29, 1.82) is 0 Å². The minimum absolute atomic E-state index is 0.681. The molecule has 6 nitrogen and oxygen atoms in total. The first-order valence-corrected chi connectivity index (χ1v) is 9.92. The van der Waals surface area contributed by atoms with Gasteiger partial charge in [0, 0.05) is 43.2 Å². The van der Waals surface area contributed by atoms with E-state index in [1.165, 1.54) is 5.56 Å². The van der Waals surface area contributed by atoms with Crippen LogP contribution in [0.1, 0.15) is 27.7 Å².